The second-order valence-electron chi connectivity index (χ2n) is 7.30. The Morgan fingerprint density at radius 3 is 2.71 bits per heavy atom. The van der Waals surface area contributed by atoms with Crippen LogP contribution in [0.2, 0.25) is 0 Å². The van der Waals surface area contributed by atoms with Gasteiger partial charge < -0.3 is 10.1 Å². The lowest BCUT2D eigenvalue weighted by atomic mass is 10.0. The smallest absolute Gasteiger partial charge is 0.230 e. The van der Waals surface area contributed by atoms with E-state index in [1.54, 1.807) is 0 Å². The number of H-pyrrole nitrogens is 1. The number of aromatic amines is 1. The molecule has 158 valence electrons. The highest BCUT2D eigenvalue weighted by molar-refractivity contribution is 7.99. The normalized spacial score (nSPS) is 11.9. The zero-order chi connectivity index (χ0) is 21.6. The number of carbonyl (C=O) groups excluding carboxylic acids is 1. The summed E-state index contributed by atoms with van der Waals surface area (Å²) in [5.41, 5.74) is 2.14. The molecule has 0 aliphatic rings. The molecule has 3 aromatic carbocycles. The van der Waals surface area contributed by atoms with Gasteiger partial charge in [0.1, 0.15) is 12.4 Å². The number of ether oxygens (including phenoxy) is 1. The molecule has 0 fully saturated rings. The lowest BCUT2D eigenvalue weighted by Gasteiger charge is -2.14. The van der Waals surface area contributed by atoms with Crippen molar-refractivity contribution in [1.29, 1.82) is 0 Å². The van der Waals surface area contributed by atoms with E-state index in [-0.39, 0.29) is 17.7 Å². The number of carbonyl (C=O) groups is 1. The van der Waals surface area contributed by atoms with E-state index < -0.39 is 0 Å². The Hall–Kier alpha value is -3.32. The Balaban J connectivity index is 1.27. The quantitative estimate of drug-likeness (QED) is 0.391. The van der Waals surface area contributed by atoms with E-state index in [4.69, 9.17) is 4.74 Å². The Labute approximate surface area is 185 Å². The number of thioether (sulfide) groups is 1. The lowest BCUT2D eigenvalue weighted by molar-refractivity contribution is -0.119. The van der Waals surface area contributed by atoms with Crippen molar-refractivity contribution in [2.75, 3.05) is 5.75 Å². The maximum absolute atomic E-state index is 12.4. The fraction of sp³-hybridized carbons (Fsp3) is 0.208. The summed E-state index contributed by atoms with van der Waals surface area (Å²) in [6, 6.07) is 22.2. The molecule has 4 aromatic rings. The molecular weight excluding hydrogens is 408 g/mol. The number of hydrogen-bond donors (Lipinski definition) is 2. The van der Waals surface area contributed by atoms with Crippen LogP contribution < -0.4 is 10.1 Å². The molecule has 2 N–H and O–H groups in total. The first kappa shape index (κ1) is 20.9. The highest BCUT2D eigenvalue weighted by atomic mass is 32.2. The van der Waals surface area contributed by atoms with Gasteiger partial charge in [0.15, 0.2) is 5.82 Å². The Morgan fingerprint density at radius 1 is 1.10 bits per heavy atom. The molecule has 1 unspecified atom stereocenters. The molecule has 0 bridgehead atoms. The van der Waals surface area contributed by atoms with Crippen LogP contribution in [-0.4, -0.2) is 26.8 Å². The molecule has 31 heavy (non-hydrogen) atoms. The van der Waals surface area contributed by atoms with Gasteiger partial charge in [0.2, 0.25) is 11.1 Å². The lowest BCUT2D eigenvalue weighted by Crippen LogP contribution is -2.28. The van der Waals surface area contributed by atoms with Crippen LogP contribution in [0.1, 0.15) is 29.9 Å². The molecule has 0 aliphatic heterocycles. The van der Waals surface area contributed by atoms with Crippen LogP contribution in [0.25, 0.3) is 10.8 Å². The largest absolute Gasteiger partial charge is 0.485 e. The maximum Gasteiger partial charge on any atom is 0.230 e. The van der Waals surface area contributed by atoms with E-state index in [0.717, 1.165) is 22.3 Å². The summed E-state index contributed by atoms with van der Waals surface area (Å²) >= 11 is 1.29. The van der Waals surface area contributed by atoms with Crippen LogP contribution in [0.15, 0.2) is 71.9 Å². The van der Waals surface area contributed by atoms with Crippen LogP contribution in [0, 0.1) is 6.92 Å². The van der Waals surface area contributed by atoms with Crippen LogP contribution in [0.5, 0.6) is 5.75 Å². The van der Waals surface area contributed by atoms with Crippen molar-refractivity contribution in [1.82, 2.24) is 20.5 Å². The van der Waals surface area contributed by atoms with E-state index in [2.05, 4.69) is 50.8 Å². The fourth-order valence-electron chi connectivity index (χ4n) is 3.25. The molecular formula is C24H24N4O2S. The van der Waals surface area contributed by atoms with Crippen molar-refractivity contribution < 1.29 is 9.53 Å². The molecule has 1 atom stereocenters. The Bertz CT molecular complexity index is 1190. The third-order valence-electron chi connectivity index (χ3n) is 4.95. The zero-order valence-corrected chi connectivity index (χ0v) is 18.3. The SMILES string of the molecule is Cc1ccccc1OCc1nc(SCC(=O)NC(C)c2ccc3ccccc3c2)n[nH]1. The first-order valence-electron chi connectivity index (χ1n) is 10.1. The number of hydrogen-bond acceptors (Lipinski definition) is 5. The fourth-order valence-corrected chi connectivity index (χ4v) is 3.87. The highest BCUT2D eigenvalue weighted by Crippen LogP contribution is 2.21. The summed E-state index contributed by atoms with van der Waals surface area (Å²) in [4.78, 5) is 16.8. The first-order chi connectivity index (χ1) is 15.1. The topological polar surface area (TPSA) is 79.9 Å². The minimum Gasteiger partial charge on any atom is -0.485 e. The van der Waals surface area contributed by atoms with E-state index in [1.165, 1.54) is 17.1 Å². The summed E-state index contributed by atoms with van der Waals surface area (Å²) in [6.07, 6.45) is 0. The van der Waals surface area contributed by atoms with E-state index >= 15 is 0 Å². The van der Waals surface area contributed by atoms with Gasteiger partial charge in [-0.05, 0) is 47.9 Å². The maximum atomic E-state index is 12.4. The standard InChI is InChI=1S/C24H24N4O2S/c1-16-7-3-6-10-21(16)30-14-22-26-24(28-27-22)31-15-23(29)25-17(2)19-12-11-18-8-4-5-9-20(18)13-19/h3-13,17H,14-15H2,1-2H3,(H,25,29)(H,26,27,28). The third-order valence-corrected chi connectivity index (χ3v) is 5.80. The highest BCUT2D eigenvalue weighted by Gasteiger charge is 2.12. The average Bonchev–Trinajstić information content (AvgIpc) is 3.24. The molecule has 1 heterocycles. The second kappa shape index (κ2) is 9.66. The van der Waals surface area contributed by atoms with Crippen molar-refractivity contribution in [3.8, 4) is 5.75 Å². The number of para-hydroxylation sites is 1. The molecule has 1 aromatic heterocycles. The van der Waals surface area contributed by atoms with Crippen LogP contribution >= 0.6 is 11.8 Å². The Morgan fingerprint density at radius 2 is 1.87 bits per heavy atom. The summed E-state index contributed by atoms with van der Waals surface area (Å²) in [5.74, 6) is 1.62. The van der Waals surface area contributed by atoms with Gasteiger partial charge in [-0.25, -0.2) is 4.98 Å². The third kappa shape index (κ3) is 5.44. The number of benzene rings is 3. The number of amides is 1. The predicted molar refractivity (Wildman–Crippen MR) is 123 cm³/mol. The molecule has 0 radical (unpaired) electrons. The minimum absolute atomic E-state index is 0.0619. The second-order valence-corrected chi connectivity index (χ2v) is 8.25. The first-order valence-corrected chi connectivity index (χ1v) is 11.1. The Kier molecular flexibility index (Phi) is 6.52. The van der Waals surface area contributed by atoms with Gasteiger partial charge in [0, 0.05) is 0 Å². The van der Waals surface area contributed by atoms with Crippen LogP contribution in [0.4, 0.5) is 0 Å². The van der Waals surface area contributed by atoms with Crippen molar-refractivity contribution in [3.63, 3.8) is 0 Å². The number of fused-ring (bicyclic) bond motifs is 1. The van der Waals surface area contributed by atoms with Crippen molar-refractivity contribution >= 4 is 28.4 Å². The minimum atomic E-state index is -0.0806. The van der Waals surface area contributed by atoms with Gasteiger partial charge in [-0.15, -0.1) is 5.10 Å². The summed E-state index contributed by atoms with van der Waals surface area (Å²) in [7, 11) is 0. The molecule has 0 saturated heterocycles. The van der Waals surface area contributed by atoms with Crippen molar-refractivity contribution in [2.24, 2.45) is 0 Å². The van der Waals surface area contributed by atoms with Crippen LogP contribution in [-0.2, 0) is 11.4 Å². The zero-order valence-electron chi connectivity index (χ0n) is 17.5. The number of nitrogens with one attached hydrogen (secondary N) is 2. The van der Waals surface area contributed by atoms with E-state index in [1.807, 2.05) is 50.2 Å². The van der Waals surface area contributed by atoms with E-state index in [9.17, 15) is 4.79 Å². The van der Waals surface area contributed by atoms with E-state index in [0.29, 0.717) is 17.6 Å². The van der Waals surface area contributed by atoms with Crippen LogP contribution in [0.3, 0.4) is 0 Å². The van der Waals surface area contributed by atoms with Gasteiger partial charge in [0.25, 0.3) is 0 Å². The van der Waals surface area contributed by atoms with Gasteiger partial charge in [0.05, 0.1) is 11.8 Å². The molecule has 4 rings (SSSR count). The molecule has 7 heteroatoms. The predicted octanol–water partition coefficient (Wildman–Crippen LogP) is 4.81. The summed E-state index contributed by atoms with van der Waals surface area (Å²) in [6.45, 7) is 4.28. The van der Waals surface area contributed by atoms with Gasteiger partial charge in [-0.1, -0.05) is 66.4 Å². The molecule has 1 amide bonds. The van der Waals surface area contributed by atoms with Gasteiger partial charge in [-0.3, -0.25) is 9.89 Å². The summed E-state index contributed by atoms with van der Waals surface area (Å²) in [5, 5.41) is 12.9. The number of aromatic nitrogens is 3. The number of nitrogens with zero attached hydrogens (tertiary/aromatic N) is 2. The van der Waals surface area contributed by atoms with Crippen molar-refractivity contribution in [3.05, 3.63) is 83.7 Å². The molecule has 0 spiro atoms. The number of aryl methyl sites for hydroxylation is 1. The van der Waals surface area contributed by atoms with Crippen molar-refractivity contribution in [2.45, 2.75) is 31.7 Å². The molecule has 6 nitrogen and oxygen atoms in total. The summed E-state index contributed by atoms with van der Waals surface area (Å²) < 4.78 is 5.77. The number of rotatable bonds is 8. The average molecular weight is 433 g/mol. The van der Waals surface area contributed by atoms with Gasteiger partial charge in [-0.2, -0.15) is 0 Å². The molecule has 0 aliphatic carbocycles. The molecule has 0 saturated carbocycles. The van der Waals surface area contributed by atoms with Gasteiger partial charge >= 0.3 is 0 Å². The monoisotopic (exact) mass is 432 g/mol.